The highest BCUT2D eigenvalue weighted by atomic mass is 79.9. The molecule has 1 aliphatic rings. The van der Waals surface area contributed by atoms with E-state index in [1.54, 1.807) is 0 Å². The van der Waals surface area contributed by atoms with Crippen LogP contribution in [0.3, 0.4) is 0 Å². The van der Waals surface area contributed by atoms with Crippen molar-refractivity contribution in [2.75, 3.05) is 13.2 Å². The molecule has 1 heterocycles. The summed E-state index contributed by atoms with van der Waals surface area (Å²) in [6.07, 6.45) is 2.87. The van der Waals surface area contributed by atoms with Gasteiger partial charge in [0.1, 0.15) is 0 Å². The molecule has 0 amide bonds. The van der Waals surface area contributed by atoms with Gasteiger partial charge in [0.25, 0.3) is 0 Å². The molecular formula is C12H18BrNO. The topological polar surface area (TPSA) is 21.3 Å². The normalized spacial score (nSPS) is 19.9. The van der Waals surface area contributed by atoms with E-state index in [9.17, 15) is 0 Å². The molecule has 15 heavy (non-hydrogen) atoms. The van der Waals surface area contributed by atoms with Gasteiger partial charge in [0.15, 0.2) is 0 Å². The highest BCUT2D eigenvalue weighted by Crippen LogP contribution is 2.10. The lowest BCUT2D eigenvalue weighted by atomic mass is 10.2. The van der Waals surface area contributed by atoms with Crippen LogP contribution >= 0.6 is 17.0 Å². The van der Waals surface area contributed by atoms with Crippen molar-refractivity contribution in [3.8, 4) is 0 Å². The van der Waals surface area contributed by atoms with Gasteiger partial charge in [0, 0.05) is 19.7 Å². The number of halogens is 1. The van der Waals surface area contributed by atoms with Crippen LogP contribution in [0.4, 0.5) is 0 Å². The number of rotatable bonds is 4. The van der Waals surface area contributed by atoms with Crippen molar-refractivity contribution in [2.45, 2.75) is 25.5 Å². The molecule has 0 aliphatic carbocycles. The van der Waals surface area contributed by atoms with Gasteiger partial charge in [0.05, 0.1) is 6.10 Å². The molecule has 84 valence electrons. The third kappa shape index (κ3) is 4.33. The van der Waals surface area contributed by atoms with E-state index in [2.05, 4.69) is 29.6 Å². The van der Waals surface area contributed by atoms with Crippen LogP contribution in [0.5, 0.6) is 0 Å². The van der Waals surface area contributed by atoms with Crippen LogP contribution in [0.2, 0.25) is 0 Å². The number of hydrogen-bond acceptors (Lipinski definition) is 2. The van der Waals surface area contributed by atoms with Crippen molar-refractivity contribution in [3.05, 3.63) is 35.9 Å². The smallest absolute Gasteiger partial charge is 0.0700 e. The Kier molecular flexibility index (Phi) is 5.91. The largest absolute Gasteiger partial charge is 0.377 e. The van der Waals surface area contributed by atoms with Gasteiger partial charge in [-0.15, -0.1) is 17.0 Å². The fourth-order valence-electron chi connectivity index (χ4n) is 1.78. The van der Waals surface area contributed by atoms with Crippen molar-refractivity contribution in [1.82, 2.24) is 5.32 Å². The highest BCUT2D eigenvalue weighted by molar-refractivity contribution is 8.93. The van der Waals surface area contributed by atoms with E-state index >= 15 is 0 Å². The van der Waals surface area contributed by atoms with Crippen LogP contribution in [0.15, 0.2) is 30.3 Å². The van der Waals surface area contributed by atoms with Crippen LogP contribution in [0.25, 0.3) is 0 Å². The summed E-state index contributed by atoms with van der Waals surface area (Å²) >= 11 is 0. The van der Waals surface area contributed by atoms with Crippen molar-refractivity contribution >= 4 is 17.0 Å². The minimum atomic E-state index is 0. The molecule has 0 spiro atoms. The van der Waals surface area contributed by atoms with Crippen molar-refractivity contribution < 1.29 is 4.74 Å². The zero-order valence-electron chi connectivity index (χ0n) is 8.82. The maximum Gasteiger partial charge on any atom is 0.0700 e. The summed E-state index contributed by atoms with van der Waals surface area (Å²) in [6, 6.07) is 10.5. The van der Waals surface area contributed by atoms with Crippen LogP contribution in [-0.4, -0.2) is 19.3 Å². The Labute approximate surface area is 102 Å². The van der Waals surface area contributed by atoms with Crippen LogP contribution in [0.1, 0.15) is 18.4 Å². The van der Waals surface area contributed by atoms with Gasteiger partial charge in [0.2, 0.25) is 0 Å². The molecule has 2 nitrogen and oxygen atoms in total. The Morgan fingerprint density at radius 3 is 2.73 bits per heavy atom. The average Bonchev–Trinajstić information content (AvgIpc) is 2.72. The molecule has 3 heteroatoms. The summed E-state index contributed by atoms with van der Waals surface area (Å²) in [5.41, 5.74) is 1.34. The molecule has 1 aliphatic heterocycles. The predicted octanol–water partition coefficient (Wildman–Crippen LogP) is 2.53. The van der Waals surface area contributed by atoms with Gasteiger partial charge in [-0.2, -0.15) is 0 Å². The molecule has 0 radical (unpaired) electrons. The molecule has 1 fully saturated rings. The molecule has 1 atom stereocenters. The van der Waals surface area contributed by atoms with Gasteiger partial charge in [-0.1, -0.05) is 30.3 Å². The monoisotopic (exact) mass is 271 g/mol. The molecule has 1 saturated heterocycles. The zero-order valence-corrected chi connectivity index (χ0v) is 10.5. The standard InChI is InChI=1S/C12H17NO.BrH/c1-2-5-11(6-3-1)9-13-10-12-7-4-8-14-12;/h1-3,5-6,12-13H,4,7-10H2;1H. The van der Waals surface area contributed by atoms with Crippen molar-refractivity contribution in [1.29, 1.82) is 0 Å². The average molecular weight is 272 g/mol. The van der Waals surface area contributed by atoms with E-state index in [1.165, 1.54) is 18.4 Å². The van der Waals surface area contributed by atoms with E-state index in [-0.39, 0.29) is 17.0 Å². The minimum Gasteiger partial charge on any atom is -0.377 e. The van der Waals surface area contributed by atoms with Crippen LogP contribution in [0, 0.1) is 0 Å². The lowest BCUT2D eigenvalue weighted by molar-refractivity contribution is 0.110. The van der Waals surface area contributed by atoms with Gasteiger partial charge < -0.3 is 10.1 Å². The Morgan fingerprint density at radius 2 is 2.07 bits per heavy atom. The van der Waals surface area contributed by atoms with Crippen LogP contribution in [-0.2, 0) is 11.3 Å². The molecule has 1 aromatic carbocycles. The van der Waals surface area contributed by atoms with Gasteiger partial charge in [-0.25, -0.2) is 0 Å². The van der Waals surface area contributed by atoms with E-state index in [0.717, 1.165) is 19.7 Å². The number of nitrogens with one attached hydrogen (secondary N) is 1. The first kappa shape index (κ1) is 12.7. The second-order valence-corrected chi connectivity index (χ2v) is 3.75. The Morgan fingerprint density at radius 1 is 1.27 bits per heavy atom. The third-order valence-corrected chi connectivity index (χ3v) is 2.57. The number of ether oxygens (including phenoxy) is 1. The Bertz CT molecular complexity index is 260. The summed E-state index contributed by atoms with van der Waals surface area (Å²) < 4.78 is 5.53. The molecule has 1 N–H and O–H groups in total. The van der Waals surface area contributed by atoms with E-state index in [1.807, 2.05) is 6.07 Å². The second-order valence-electron chi connectivity index (χ2n) is 3.75. The molecular weight excluding hydrogens is 254 g/mol. The zero-order chi connectivity index (χ0) is 9.64. The Hall–Kier alpha value is -0.380. The summed E-state index contributed by atoms with van der Waals surface area (Å²) in [5.74, 6) is 0. The molecule has 1 unspecified atom stereocenters. The first-order valence-corrected chi connectivity index (χ1v) is 5.31. The second kappa shape index (κ2) is 6.99. The molecule has 1 aromatic rings. The van der Waals surface area contributed by atoms with Crippen molar-refractivity contribution in [2.24, 2.45) is 0 Å². The van der Waals surface area contributed by atoms with Crippen molar-refractivity contribution in [3.63, 3.8) is 0 Å². The first-order chi connectivity index (χ1) is 6.95. The SMILES string of the molecule is Br.c1ccc(CNCC2CCCO2)cc1. The first-order valence-electron chi connectivity index (χ1n) is 5.31. The summed E-state index contributed by atoms with van der Waals surface area (Å²) in [7, 11) is 0. The Balaban J connectivity index is 0.00000112. The summed E-state index contributed by atoms with van der Waals surface area (Å²) in [6.45, 7) is 2.87. The van der Waals surface area contributed by atoms with E-state index in [0.29, 0.717) is 6.10 Å². The lowest BCUT2D eigenvalue weighted by Crippen LogP contribution is -2.25. The lowest BCUT2D eigenvalue weighted by Gasteiger charge is -2.10. The van der Waals surface area contributed by atoms with Crippen LogP contribution < -0.4 is 5.32 Å². The quantitative estimate of drug-likeness (QED) is 0.909. The molecule has 0 saturated carbocycles. The summed E-state index contributed by atoms with van der Waals surface area (Å²) in [4.78, 5) is 0. The highest BCUT2D eigenvalue weighted by Gasteiger charge is 2.14. The van der Waals surface area contributed by atoms with Gasteiger partial charge >= 0.3 is 0 Å². The third-order valence-electron chi connectivity index (χ3n) is 2.57. The van der Waals surface area contributed by atoms with E-state index in [4.69, 9.17) is 4.74 Å². The van der Waals surface area contributed by atoms with E-state index < -0.39 is 0 Å². The molecule has 2 rings (SSSR count). The molecule has 0 bridgehead atoms. The summed E-state index contributed by atoms with van der Waals surface area (Å²) in [5, 5.41) is 3.42. The minimum absolute atomic E-state index is 0. The maximum atomic E-state index is 5.53. The fraction of sp³-hybridized carbons (Fsp3) is 0.500. The van der Waals surface area contributed by atoms with Gasteiger partial charge in [-0.05, 0) is 18.4 Å². The number of hydrogen-bond donors (Lipinski definition) is 1. The maximum absolute atomic E-state index is 5.53. The van der Waals surface area contributed by atoms with Gasteiger partial charge in [-0.3, -0.25) is 0 Å². The fourth-order valence-corrected chi connectivity index (χ4v) is 1.78. The molecule has 0 aromatic heterocycles. The predicted molar refractivity (Wildman–Crippen MR) is 67.4 cm³/mol. The number of benzene rings is 1.